The number of aliphatic hydroxyl groups excluding tert-OH is 1. The first-order valence-corrected chi connectivity index (χ1v) is 4.23. The van der Waals surface area contributed by atoms with Crippen LogP contribution in [0.1, 0.15) is 26.7 Å². The lowest BCUT2D eigenvalue weighted by atomic mass is 10.1. The molecule has 0 heterocycles. The molecule has 0 amide bonds. The summed E-state index contributed by atoms with van der Waals surface area (Å²) in [5.74, 6) is 0. The van der Waals surface area contributed by atoms with Crippen LogP contribution in [0.4, 0.5) is 8.78 Å². The molecule has 0 aromatic rings. The van der Waals surface area contributed by atoms with Gasteiger partial charge >= 0.3 is 0 Å². The molecule has 74 valence electrons. The third-order valence-corrected chi connectivity index (χ3v) is 1.72. The molecule has 0 bridgehead atoms. The Hall–Kier alpha value is -0.220. The van der Waals surface area contributed by atoms with E-state index < -0.39 is 12.5 Å². The van der Waals surface area contributed by atoms with Crippen molar-refractivity contribution in [1.29, 1.82) is 0 Å². The van der Waals surface area contributed by atoms with E-state index in [2.05, 4.69) is 5.32 Å². The van der Waals surface area contributed by atoms with Crippen LogP contribution in [-0.2, 0) is 0 Å². The average Bonchev–Trinajstić information content (AvgIpc) is 2.00. The highest BCUT2D eigenvalue weighted by Gasteiger charge is 2.15. The van der Waals surface area contributed by atoms with Gasteiger partial charge in [0.1, 0.15) is 0 Å². The van der Waals surface area contributed by atoms with Crippen molar-refractivity contribution in [3.63, 3.8) is 0 Å². The number of alkyl halides is 2. The molecule has 0 fully saturated rings. The molecule has 0 aliphatic heterocycles. The summed E-state index contributed by atoms with van der Waals surface area (Å²) in [6, 6.07) is -0.722. The Kier molecular flexibility index (Phi) is 6.20. The van der Waals surface area contributed by atoms with Gasteiger partial charge in [0, 0.05) is 12.6 Å². The fourth-order valence-electron chi connectivity index (χ4n) is 1.00. The largest absolute Gasteiger partial charge is 0.396 e. The van der Waals surface area contributed by atoms with E-state index in [0.29, 0.717) is 6.42 Å². The minimum Gasteiger partial charge on any atom is -0.396 e. The van der Waals surface area contributed by atoms with Gasteiger partial charge in [0.15, 0.2) is 0 Å². The van der Waals surface area contributed by atoms with Crippen molar-refractivity contribution >= 4 is 0 Å². The maximum atomic E-state index is 12.0. The summed E-state index contributed by atoms with van der Waals surface area (Å²) in [7, 11) is 0. The van der Waals surface area contributed by atoms with E-state index in [1.165, 1.54) is 6.92 Å². The van der Waals surface area contributed by atoms with Gasteiger partial charge in [-0.05, 0) is 26.7 Å². The summed E-state index contributed by atoms with van der Waals surface area (Å²) in [6.07, 6.45) is -0.931. The molecule has 0 aromatic carbocycles. The lowest BCUT2D eigenvalue weighted by Gasteiger charge is -2.18. The minimum atomic E-state index is -2.32. The van der Waals surface area contributed by atoms with Crippen LogP contribution in [0.25, 0.3) is 0 Å². The van der Waals surface area contributed by atoms with E-state index in [1.807, 2.05) is 6.92 Å². The minimum absolute atomic E-state index is 0.0427. The molecule has 0 aliphatic carbocycles. The highest BCUT2D eigenvalue weighted by molar-refractivity contribution is 4.68. The summed E-state index contributed by atoms with van der Waals surface area (Å²) in [4.78, 5) is 0. The van der Waals surface area contributed by atoms with Crippen molar-refractivity contribution in [2.24, 2.45) is 0 Å². The number of hydrogen-bond acceptors (Lipinski definition) is 2. The lowest BCUT2D eigenvalue weighted by Crippen LogP contribution is -2.39. The second kappa shape index (κ2) is 6.31. The average molecular weight is 181 g/mol. The van der Waals surface area contributed by atoms with Gasteiger partial charge in [-0.25, -0.2) is 8.78 Å². The Morgan fingerprint density at radius 1 is 1.33 bits per heavy atom. The van der Waals surface area contributed by atoms with Crippen LogP contribution in [0.3, 0.4) is 0 Å². The molecule has 0 aromatic heterocycles. The van der Waals surface area contributed by atoms with Crippen LogP contribution in [0.2, 0.25) is 0 Å². The number of nitrogens with one attached hydrogen (secondary N) is 1. The van der Waals surface area contributed by atoms with Crippen LogP contribution in [-0.4, -0.2) is 30.2 Å². The molecule has 0 spiro atoms. The fourth-order valence-corrected chi connectivity index (χ4v) is 1.00. The highest BCUT2D eigenvalue weighted by atomic mass is 19.3. The van der Waals surface area contributed by atoms with Crippen LogP contribution in [0.5, 0.6) is 0 Å². The molecule has 2 unspecified atom stereocenters. The van der Waals surface area contributed by atoms with Crippen molar-refractivity contribution in [2.75, 3.05) is 6.61 Å². The molecule has 4 heteroatoms. The van der Waals surface area contributed by atoms with Crippen LogP contribution in [0.15, 0.2) is 0 Å². The number of rotatable bonds is 6. The van der Waals surface area contributed by atoms with Gasteiger partial charge in [0.25, 0.3) is 6.43 Å². The van der Waals surface area contributed by atoms with E-state index in [0.717, 1.165) is 6.42 Å². The zero-order valence-corrected chi connectivity index (χ0v) is 7.56. The van der Waals surface area contributed by atoms with Crippen LogP contribution < -0.4 is 5.32 Å². The molecular weight excluding hydrogens is 164 g/mol. The van der Waals surface area contributed by atoms with E-state index in [1.54, 1.807) is 0 Å². The highest BCUT2D eigenvalue weighted by Crippen LogP contribution is 2.03. The normalized spacial score (nSPS) is 16.5. The first kappa shape index (κ1) is 11.8. The first-order valence-electron chi connectivity index (χ1n) is 4.23. The lowest BCUT2D eigenvalue weighted by molar-refractivity contribution is 0.0997. The second-order valence-corrected chi connectivity index (χ2v) is 3.06. The Bertz CT molecular complexity index is 111. The standard InChI is InChI=1S/C8H17F2NO/c1-6(4-3-5-12)11-7(2)8(9)10/h6-8,11-12H,3-5H2,1-2H3. The molecule has 0 rings (SSSR count). The van der Waals surface area contributed by atoms with Crippen LogP contribution >= 0.6 is 0 Å². The molecule has 0 saturated carbocycles. The Labute approximate surface area is 72.0 Å². The zero-order valence-electron chi connectivity index (χ0n) is 7.56. The number of aliphatic hydroxyl groups is 1. The number of hydrogen-bond donors (Lipinski definition) is 2. The Morgan fingerprint density at radius 3 is 2.33 bits per heavy atom. The summed E-state index contributed by atoms with van der Waals surface area (Å²) in [6.45, 7) is 3.42. The zero-order chi connectivity index (χ0) is 9.56. The molecule has 12 heavy (non-hydrogen) atoms. The predicted octanol–water partition coefficient (Wildman–Crippen LogP) is 1.39. The Morgan fingerprint density at radius 2 is 1.92 bits per heavy atom. The van der Waals surface area contributed by atoms with Gasteiger partial charge in [0.2, 0.25) is 0 Å². The summed E-state index contributed by atoms with van der Waals surface area (Å²) in [5.41, 5.74) is 0. The molecule has 2 atom stereocenters. The smallest absolute Gasteiger partial charge is 0.253 e. The SMILES string of the molecule is CC(CCCO)NC(C)C(F)F. The molecular formula is C8H17F2NO. The molecule has 0 radical (unpaired) electrons. The van der Waals surface area contributed by atoms with E-state index >= 15 is 0 Å². The van der Waals surface area contributed by atoms with Crippen molar-refractivity contribution in [1.82, 2.24) is 5.32 Å². The third-order valence-electron chi connectivity index (χ3n) is 1.72. The van der Waals surface area contributed by atoms with E-state index in [-0.39, 0.29) is 12.6 Å². The van der Waals surface area contributed by atoms with Crippen LogP contribution in [0, 0.1) is 0 Å². The van der Waals surface area contributed by atoms with Gasteiger partial charge in [0.05, 0.1) is 6.04 Å². The van der Waals surface area contributed by atoms with Gasteiger partial charge in [-0.15, -0.1) is 0 Å². The van der Waals surface area contributed by atoms with Gasteiger partial charge in [-0.1, -0.05) is 0 Å². The van der Waals surface area contributed by atoms with Crippen molar-refractivity contribution in [3.8, 4) is 0 Å². The third kappa shape index (κ3) is 5.43. The van der Waals surface area contributed by atoms with Gasteiger partial charge in [-0.2, -0.15) is 0 Å². The summed E-state index contributed by atoms with van der Waals surface area (Å²) < 4.78 is 24.0. The predicted molar refractivity (Wildman–Crippen MR) is 44.4 cm³/mol. The van der Waals surface area contributed by atoms with E-state index in [9.17, 15) is 8.78 Å². The molecule has 2 N–H and O–H groups in total. The fraction of sp³-hybridized carbons (Fsp3) is 1.00. The van der Waals surface area contributed by atoms with Crippen molar-refractivity contribution in [3.05, 3.63) is 0 Å². The monoisotopic (exact) mass is 181 g/mol. The maximum Gasteiger partial charge on any atom is 0.253 e. The molecule has 0 saturated heterocycles. The van der Waals surface area contributed by atoms with Gasteiger partial charge < -0.3 is 10.4 Å². The summed E-state index contributed by atoms with van der Waals surface area (Å²) >= 11 is 0. The quantitative estimate of drug-likeness (QED) is 0.649. The molecule has 2 nitrogen and oxygen atoms in total. The number of halogens is 2. The van der Waals surface area contributed by atoms with Crippen molar-refractivity contribution < 1.29 is 13.9 Å². The molecule has 0 aliphatic rings. The maximum absolute atomic E-state index is 12.0. The summed E-state index contributed by atoms with van der Waals surface area (Å²) in [5, 5.41) is 11.2. The van der Waals surface area contributed by atoms with E-state index in [4.69, 9.17) is 5.11 Å². The Balaban J connectivity index is 3.47. The first-order chi connectivity index (χ1) is 5.57. The topological polar surface area (TPSA) is 32.3 Å². The second-order valence-electron chi connectivity index (χ2n) is 3.06. The van der Waals surface area contributed by atoms with Gasteiger partial charge in [-0.3, -0.25) is 0 Å². The van der Waals surface area contributed by atoms with Crippen molar-refractivity contribution in [2.45, 2.75) is 45.2 Å².